The largest absolute Gasteiger partial charge is 0.478 e. The van der Waals surface area contributed by atoms with Gasteiger partial charge < -0.3 is 4.74 Å². The SMILES string of the molecule is CCC1OC=NC1CCc1ccccc1. The fourth-order valence-corrected chi connectivity index (χ4v) is 1.97. The van der Waals surface area contributed by atoms with Gasteiger partial charge in [0.15, 0.2) is 6.40 Å². The molecule has 0 spiro atoms. The zero-order valence-electron chi connectivity index (χ0n) is 9.10. The standard InChI is InChI=1S/C13H17NO/c1-2-13-12(14-10-15-13)9-8-11-6-4-3-5-7-11/h3-7,10,12-13H,2,8-9H2,1H3. The highest BCUT2D eigenvalue weighted by Gasteiger charge is 2.23. The molecule has 1 heterocycles. The highest BCUT2D eigenvalue weighted by atomic mass is 16.5. The number of aliphatic imine (C=N–C) groups is 1. The summed E-state index contributed by atoms with van der Waals surface area (Å²) in [5, 5.41) is 0. The van der Waals surface area contributed by atoms with E-state index in [0.29, 0.717) is 12.1 Å². The number of ether oxygens (including phenoxy) is 1. The predicted octanol–water partition coefficient (Wildman–Crippen LogP) is 2.82. The maximum absolute atomic E-state index is 5.41. The Kier molecular flexibility index (Phi) is 3.38. The summed E-state index contributed by atoms with van der Waals surface area (Å²) in [5.74, 6) is 0. The summed E-state index contributed by atoms with van der Waals surface area (Å²) >= 11 is 0. The number of hydrogen-bond donors (Lipinski definition) is 0. The first kappa shape index (κ1) is 10.2. The van der Waals surface area contributed by atoms with Crippen molar-refractivity contribution in [1.29, 1.82) is 0 Å². The Balaban J connectivity index is 1.85. The van der Waals surface area contributed by atoms with Crippen LogP contribution in [-0.4, -0.2) is 18.5 Å². The van der Waals surface area contributed by atoms with Crippen molar-refractivity contribution in [2.75, 3.05) is 0 Å². The van der Waals surface area contributed by atoms with Crippen molar-refractivity contribution in [2.24, 2.45) is 4.99 Å². The van der Waals surface area contributed by atoms with Gasteiger partial charge in [-0.2, -0.15) is 0 Å². The van der Waals surface area contributed by atoms with Crippen LogP contribution in [-0.2, 0) is 11.2 Å². The molecule has 2 heteroatoms. The Bertz CT molecular complexity index is 321. The number of aryl methyl sites for hydroxylation is 1. The molecular formula is C13H17NO. The van der Waals surface area contributed by atoms with E-state index in [1.54, 1.807) is 6.40 Å². The summed E-state index contributed by atoms with van der Waals surface area (Å²) < 4.78 is 5.41. The van der Waals surface area contributed by atoms with Crippen molar-refractivity contribution in [3.63, 3.8) is 0 Å². The van der Waals surface area contributed by atoms with E-state index in [-0.39, 0.29) is 0 Å². The molecule has 80 valence electrons. The Morgan fingerprint density at radius 1 is 1.27 bits per heavy atom. The summed E-state index contributed by atoms with van der Waals surface area (Å²) in [4.78, 5) is 4.36. The van der Waals surface area contributed by atoms with Gasteiger partial charge in [-0.1, -0.05) is 37.3 Å². The van der Waals surface area contributed by atoms with Gasteiger partial charge >= 0.3 is 0 Å². The second kappa shape index (κ2) is 4.96. The third-order valence-corrected chi connectivity index (χ3v) is 2.89. The average molecular weight is 203 g/mol. The third-order valence-electron chi connectivity index (χ3n) is 2.89. The molecule has 0 amide bonds. The number of hydrogen-bond acceptors (Lipinski definition) is 2. The quantitative estimate of drug-likeness (QED) is 0.737. The van der Waals surface area contributed by atoms with Gasteiger partial charge in [-0.15, -0.1) is 0 Å². The minimum absolute atomic E-state index is 0.300. The van der Waals surface area contributed by atoms with E-state index < -0.39 is 0 Å². The topological polar surface area (TPSA) is 21.6 Å². The van der Waals surface area contributed by atoms with E-state index in [1.165, 1.54) is 5.56 Å². The van der Waals surface area contributed by atoms with Gasteiger partial charge in [0, 0.05) is 0 Å². The van der Waals surface area contributed by atoms with Crippen LogP contribution in [0.25, 0.3) is 0 Å². The first-order valence-electron chi connectivity index (χ1n) is 5.61. The Morgan fingerprint density at radius 3 is 2.80 bits per heavy atom. The van der Waals surface area contributed by atoms with Crippen molar-refractivity contribution < 1.29 is 4.74 Å². The summed E-state index contributed by atoms with van der Waals surface area (Å²) in [6.07, 6.45) is 5.12. The molecule has 0 bridgehead atoms. The van der Waals surface area contributed by atoms with Gasteiger partial charge in [0.1, 0.15) is 6.10 Å². The maximum Gasteiger partial charge on any atom is 0.170 e. The molecule has 2 rings (SSSR count). The second-order valence-corrected chi connectivity index (χ2v) is 3.93. The smallest absolute Gasteiger partial charge is 0.170 e. The minimum atomic E-state index is 0.300. The molecule has 15 heavy (non-hydrogen) atoms. The molecule has 0 saturated carbocycles. The molecule has 1 aromatic rings. The molecule has 0 N–H and O–H groups in total. The number of rotatable bonds is 4. The molecule has 0 radical (unpaired) electrons. The molecule has 0 saturated heterocycles. The lowest BCUT2D eigenvalue weighted by Crippen LogP contribution is -2.21. The number of benzene rings is 1. The minimum Gasteiger partial charge on any atom is -0.478 e. The Hall–Kier alpha value is -1.31. The van der Waals surface area contributed by atoms with Crippen LogP contribution in [0.4, 0.5) is 0 Å². The Labute approximate surface area is 91.0 Å². The number of nitrogens with zero attached hydrogens (tertiary/aromatic N) is 1. The molecule has 1 aliphatic rings. The fraction of sp³-hybridized carbons (Fsp3) is 0.462. The molecule has 2 unspecified atom stereocenters. The van der Waals surface area contributed by atoms with Gasteiger partial charge in [-0.25, -0.2) is 0 Å². The van der Waals surface area contributed by atoms with E-state index >= 15 is 0 Å². The van der Waals surface area contributed by atoms with Crippen LogP contribution >= 0.6 is 0 Å². The zero-order chi connectivity index (χ0) is 10.5. The average Bonchev–Trinajstić information content (AvgIpc) is 2.75. The van der Waals surface area contributed by atoms with E-state index in [1.807, 2.05) is 0 Å². The molecule has 2 nitrogen and oxygen atoms in total. The monoisotopic (exact) mass is 203 g/mol. The molecule has 0 aromatic heterocycles. The molecular weight excluding hydrogens is 186 g/mol. The summed E-state index contributed by atoms with van der Waals surface area (Å²) in [6, 6.07) is 10.9. The molecule has 1 aromatic carbocycles. The van der Waals surface area contributed by atoms with Gasteiger partial charge in [0.2, 0.25) is 0 Å². The zero-order valence-corrected chi connectivity index (χ0v) is 9.10. The van der Waals surface area contributed by atoms with E-state index in [0.717, 1.165) is 19.3 Å². The second-order valence-electron chi connectivity index (χ2n) is 3.93. The van der Waals surface area contributed by atoms with Gasteiger partial charge in [0.05, 0.1) is 6.04 Å². The van der Waals surface area contributed by atoms with Crippen LogP contribution in [0.3, 0.4) is 0 Å². The summed E-state index contributed by atoms with van der Waals surface area (Å²) in [6.45, 7) is 2.15. The van der Waals surface area contributed by atoms with Crippen molar-refractivity contribution in [3.8, 4) is 0 Å². The van der Waals surface area contributed by atoms with Gasteiger partial charge in [-0.3, -0.25) is 4.99 Å². The van der Waals surface area contributed by atoms with Crippen molar-refractivity contribution in [2.45, 2.75) is 38.3 Å². The van der Waals surface area contributed by atoms with Crippen LogP contribution in [0.5, 0.6) is 0 Å². The van der Waals surface area contributed by atoms with Crippen molar-refractivity contribution in [3.05, 3.63) is 35.9 Å². The van der Waals surface area contributed by atoms with E-state index in [2.05, 4.69) is 42.2 Å². The summed E-state index contributed by atoms with van der Waals surface area (Å²) in [5.41, 5.74) is 1.38. The first-order valence-corrected chi connectivity index (χ1v) is 5.61. The van der Waals surface area contributed by atoms with E-state index in [4.69, 9.17) is 4.74 Å². The van der Waals surface area contributed by atoms with Crippen molar-refractivity contribution in [1.82, 2.24) is 0 Å². The van der Waals surface area contributed by atoms with Crippen LogP contribution in [0.1, 0.15) is 25.3 Å². The summed E-state index contributed by atoms with van der Waals surface area (Å²) in [7, 11) is 0. The van der Waals surface area contributed by atoms with Crippen LogP contribution in [0.15, 0.2) is 35.3 Å². The third kappa shape index (κ3) is 2.58. The highest BCUT2D eigenvalue weighted by Crippen LogP contribution is 2.18. The van der Waals surface area contributed by atoms with Crippen LogP contribution in [0, 0.1) is 0 Å². The predicted molar refractivity (Wildman–Crippen MR) is 62.2 cm³/mol. The van der Waals surface area contributed by atoms with Gasteiger partial charge in [0.25, 0.3) is 0 Å². The Morgan fingerprint density at radius 2 is 2.07 bits per heavy atom. The molecule has 0 aliphatic carbocycles. The lowest BCUT2D eigenvalue weighted by Gasteiger charge is -2.14. The van der Waals surface area contributed by atoms with Crippen LogP contribution < -0.4 is 0 Å². The van der Waals surface area contributed by atoms with Crippen molar-refractivity contribution >= 4 is 6.40 Å². The normalized spacial score (nSPS) is 24.1. The highest BCUT2D eigenvalue weighted by molar-refractivity contribution is 5.49. The first-order chi connectivity index (χ1) is 7.40. The lowest BCUT2D eigenvalue weighted by atomic mass is 10.0. The lowest BCUT2D eigenvalue weighted by molar-refractivity contribution is 0.190. The molecule has 1 aliphatic heterocycles. The van der Waals surface area contributed by atoms with E-state index in [9.17, 15) is 0 Å². The van der Waals surface area contributed by atoms with Crippen LogP contribution in [0.2, 0.25) is 0 Å². The van der Waals surface area contributed by atoms with Gasteiger partial charge in [-0.05, 0) is 24.8 Å². The maximum atomic E-state index is 5.41. The molecule has 2 atom stereocenters. The molecule has 0 fully saturated rings. The fourth-order valence-electron chi connectivity index (χ4n) is 1.97.